The lowest BCUT2D eigenvalue weighted by atomic mass is 10.1. The van der Waals surface area contributed by atoms with Crippen molar-refractivity contribution in [2.24, 2.45) is 0 Å². The van der Waals surface area contributed by atoms with E-state index >= 15 is 0 Å². The molecule has 0 aromatic carbocycles. The van der Waals surface area contributed by atoms with Crippen molar-refractivity contribution in [2.75, 3.05) is 6.61 Å². The van der Waals surface area contributed by atoms with Gasteiger partial charge in [0.2, 0.25) is 0 Å². The number of hydrogen-bond donors (Lipinski definition) is 0. The molecule has 1 saturated heterocycles. The van der Waals surface area contributed by atoms with Gasteiger partial charge >= 0.3 is 5.97 Å². The molecule has 3 heteroatoms. The summed E-state index contributed by atoms with van der Waals surface area (Å²) >= 11 is 0. The van der Waals surface area contributed by atoms with Gasteiger partial charge in [-0.25, -0.2) is 0 Å². The van der Waals surface area contributed by atoms with Crippen LogP contribution in [0.5, 0.6) is 0 Å². The van der Waals surface area contributed by atoms with Gasteiger partial charge in [0.15, 0.2) is 0 Å². The zero-order valence-electron chi connectivity index (χ0n) is 12.7. The highest BCUT2D eigenvalue weighted by Crippen LogP contribution is 2.30. The minimum Gasteiger partial charge on any atom is -0.466 e. The Kier molecular flexibility index (Phi) is 15.5. The smallest absolute Gasteiger partial charge is 0.308 e. The summed E-state index contributed by atoms with van der Waals surface area (Å²) in [4.78, 5) is 11.5. The van der Waals surface area contributed by atoms with Gasteiger partial charge in [0.25, 0.3) is 0 Å². The monoisotopic (exact) mass is 302 g/mol. The molecule has 1 rings (SSSR count). The molecule has 0 bridgehead atoms. The number of esters is 1. The van der Waals surface area contributed by atoms with Crippen LogP contribution in [-0.2, 0) is 14.3 Å². The fourth-order valence-corrected chi connectivity index (χ4v) is 2.29. The predicted molar refractivity (Wildman–Crippen MR) is 90.6 cm³/mol. The molecule has 2 unspecified atom stereocenters. The van der Waals surface area contributed by atoms with Crippen LogP contribution >= 0.6 is 0 Å². The average molecular weight is 302 g/mol. The largest absolute Gasteiger partial charge is 0.466 e. The number of unbranched alkanes of at least 4 members (excludes halogenated alkanes) is 6. The van der Waals surface area contributed by atoms with Gasteiger partial charge in [-0.15, -0.1) is 0 Å². The van der Waals surface area contributed by atoms with E-state index in [1.165, 1.54) is 38.5 Å². The van der Waals surface area contributed by atoms with Crippen LogP contribution in [0.25, 0.3) is 0 Å². The molecule has 0 radical (unpaired) electrons. The molecule has 0 aliphatic carbocycles. The zero-order chi connectivity index (χ0) is 13.9. The fourth-order valence-electron chi connectivity index (χ4n) is 2.29. The number of carbonyl (C=O) groups excluding carboxylic acids is 1. The van der Waals surface area contributed by atoms with Gasteiger partial charge in [0.05, 0.1) is 25.2 Å². The lowest BCUT2D eigenvalue weighted by Gasteiger charge is -2.01. The fraction of sp³-hybridized carbons (Fsp3) is 0.944. The first-order valence-corrected chi connectivity index (χ1v) is 8.09. The number of hydrogen-bond acceptors (Lipinski definition) is 3. The molecule has 0 N–H and O–H groups in total. The van der Waals surface area contributed by atoms with E-state index in [9.17, 15) is 4.79 Å². The van der Waals surface area contributed by atoms with Crippen LogP contribution in [0.1, 0.15) is 92.9 Å². The first-order chi connectivity index (χ1) is 9.27. The van der Waals surface area contributed by atoms with E-state index in [0.717, 1.165) is 19.3 Å². The number of carbonyl (C=O) groups is 1. The predicted octanol–water partition coefficient (Wildman–Crippen LogP) is 5.51. The quantitative estimate of drug-likeness (QED) is 0.271. The highest BCUT2D eigenvalue weighted by atomic mass is 16.6. The summed E-state index contributed by atoms with van der Waals surface area (Å²) in [5.41, 5.74) is 0. The summed E-state index contributed by atoms with van der Waals surface area (Å²) < 4.78 is 10.7. The van der Waals surface area contributed by atoms with Crippen LogP contribution in [0.2, 0.25) is 0 Å². The van der Waals surface area contributed by atoms with E-state index in [-0.39, 0.29) is 26.9 Å². The van der Waals surface area contributed by atoms with Crippen molar-refractivity contribution in [1.29, 1.82) is 0 Å². The van der Waals surface area contributed by atoms with E-state index in [1.54, 1.807) is 0 Å². The first-order valence-electron chi connectivity index (χ1n) is 8.09. The van der Waals surface area contributed by atoms with Crippen molar-refractivity contribution >= 4 is 5.97 Å². The second kappa shape index (κ2) is 14.4. The molecular formula is C18H38O3. The Morgan fingerprint density at radius 2 is 1.52 bits per heavy atom. The third-order valence-corrected chi connectivity index (χ3v) is 3.66. The molecule has 2 atom stereocenters. The van der Waals surface area contributed by atoms with Crippen molar-refractivity contribution in [3.63, 3.8) is 0 Å². The Labute approximate surface area is 132 Å². The number of epoxide rings is 1. The molecular weight excluding hydrogens is 264 g/mol. The molecule has 0 spiro atoms. The molecule has 1 heterocycles. The highest BCUT2D eigenvalue weighted by Gasteiger charge is 2.39. The van der Waals surface area contributed by atoms with Crippen LogP contribution in [0.4, 0.5) is 0 Å². The van der Waals surface area contributed by atoms with Gasteiger partial charge in [0.1, 0.15) is 0 Å². The maximum Gasteiger partial charge on any atom is 0.308 e. The minimum atomic E-state index is -0.0936. The molecule has 21 heavy (non-hydrogen) atoms. The maximum absolute atomic E-state index is 11.5. The van der Waals surface area contributed by atoms with Crippen LogP contribution in [0, 0.1) is 0 Å². The molecule has 1 aliphatic rings. The lowest BCUT2D eigenvalue weighted by Crippen LogP contribution is -2.10. The zero-order valence-corrected chi connectivity index (χ0v) is 12.7. The summed E-state index contributed by atoms with van der Waals surface area (Å²) in [6, 6.07) is 0. The van der Waals surface area contributed by atoms with Gasteiger partial charge in [-0.05, 0) is 12.8 Å². The van der Waals surface area contributed by atoms with Crippen LogP contribution in [-0.4, -0.2) is 24.8 Å². The second-order valence-corrected chi connectivity index (χ2v) is 5.55. The molecule has 0 aromatic rings. The van der Waals surface area contributed by atoms with Crippen molar-refractivity contribution in [2.45, 2.75) is 105 Å². The average Bonchev–Trinajstić information content (AvgIpc) is 3.12. The summed E-state index contributed by atoms with van der Waals surface area (Å²) in [5.74, 6) is -0.0936. The third kappa shape index (κ3) is 11.7. The van der Waals surface area contributed by atoms with Crippen molar-refractivity contribution in [3.05, 3.63) is 0 Å². The van der Waals surface area contributed by atoms with E-state index < -0.39 is 0 Å². The first kappa shape index (κ1) is 22.7. The SMILES string of the molecule is C.C.CCCCCCCCC1OC1CC(=O)OCCCC. The Morgan fingerprint density at radius 1 is 0.905 bits per heavy atom. The van der Waals surface area contributed by atoms with E-state index in [4.69, 9.17) is 9.47 Å². The van der Waals surface area contributed by atoms with E-state index in [2.05, 4.69) is 13.8 Å². The summed E-state index contributed by atoms with van der Waals surface area (Å²) in [6.45, 7) is 4.89. The molecule has 0 aromatic heterocycles. The number of rotatable bonds is 12. The molecule has 3 nitrogen and oxygen atoms in total. The number of ether oxygens (including phenoxy) is 2. The van der Waals surface area contributed by atoms with Crippen LogP contribution in [0.3, 0.4) is 0 Å². The molecule has 1 aliphatic heterocycles. The Morgan fingerprint density at radius 3 is 2.19 bits per heavy atom. The van der Waals surface area contributed by atoms with Gasteiger partial charge in [-0.3, -0.25) is 4.79 Å². The molecule has 1 fully saturated rings. The second-order valence-electron chi connectivity index (χ2n) is 5.55. The summed E-state index contributed by atoms with van der Waals surface area (Å²) in [6.07, 6.45) is 11.9. The van der Waals surface area contributed by atoms with E-state index in [0.29, 0.717) is 19.1 Å². The minimum absolute atomic E-state index is 0. The topological polar surface area (TPSA) is 38.8 Å². The summed E-state index contributed by atoms with van der Waals surface area (Å²) in [7, 11) is 0. The highest BCUT2D eigenvalue weighted by molar-refractivity contribution is 5.70. The van der Waals surface area contributed by atoms with Crippen molar-refractivity contribution < 1.29 is 14.3 Å². The maximum atomic E-state index is 11.5. The molecule has 0 saturated carbocycles. The Bertz CT molecular complexity index is 241. The van der Waals surface area contributed by atoms with Gasteiger partial charge in [-0.2, -0.15) is 0 Å². The molecule has 0 amide bonds. The van der Waals surface area contributed by atoms with Crippen LogP contribution < -0.4 is 0 Å². The van der Waals surface area contributed by atoms with Gasteiger partial charge in [0, 0.05) is 0 Å². The standard InChI is InChI=1S/C16H30O3.2CH4/c1-3-5-7-8-9-10-11-14-15(19-14)13-16(17)18-12-6-4-2;;/h14-15H,3-13H2,1-2H3;2*1H4. The lowest BCUT2D eigenvalue weighted by molar-refractivity contribution is -0.144. The van der Waals surface area contributed by atoms with Crippen molar-refractivity contribution in [3.8, 4) is 0 Å². The Hall–Kier alpha value is -0.570. The third-order valence-electron chi connectivity index (χ3n) is 3.66. The van der Waals surface area contributed by atoms with Crippen molar-refractivity contribution in [1.82, 2.24) is 0 Å². The van der Waals surface area contributed by atoms with Gasteiger partial charge in [-0.1, -0.05) is 73.6 Å². The van der Waals surface area contributed by atoms with Crippen LogP contribution in [0.15, 0.2) is 0 Å². The normalized spacial score (nSPS) is 19.3. The summed E-state index contributed by atoms with van der Waals surface area (Å²) in [5, 5.41) is 0. The van der Waals surface area contributed by atoms with E-state index in [1.807, 2.05) is 0 Å². The Balaban J connectivity index is 0. The van der Waals surface area contributed by atoms with Gasteiger partial charge < -0.3 is 9.47 Å². The molecule has 128 valence electrons.